The molecule has 1 aliphatic rings. The molecule has 0 bridgehead atoms. The van der Waals surface area contributed by atoms with Crippen LogP contribution in [-0.2, 0) is 4.74 Å². The van der Waals surface area contributed by atoms with Crippen LogP contribution in [0.3, 0.4) is 0 Å². The molecular formula is C9H14N4O5. The van der Waals surface area contributed by atoms with E-state index in [0.29, 0.717) is 0 Å². The Balaban J connectivity index is 2.29. The minimum absolute atomic E-state index is 0.0739. The lowest BCUT2D eigenvalue weighted by Crippen LogP contribution is -2.50. The van der Waals surface area contributed by atoms with Crippen molar-refractivity contribution in [3.63, 3.8) is 0 Å². The number of amides is 1. The van der Waals surface area contributed by atoms with E-state index in [9.17, 15) is 20.1 Å². The number of primary amides is 1. The maximum Gasteiger partial charge on any atom is 0.271 e. The number of nitrogens with two attached hydrogens (primary N) is 2. The Bertz CT molecular complexity index is 462. The highest BCUT2D eigenvalue weighted by molar-refractivity contribution is 5.95. The van der Waals surface area contributed by atoms with Crippen LogP contribution in [0.1, 0.15) is 16.7 Å². The number of nitrogen functional groups attached to an aromatic ring is 1. The molecular weight excluding hydrogens is 244 g/mol. The Morgan fingerprint density at radius 2 is 2.11 bits per heavy atom. The lowest BCUT2D eigenvalue weighted by atomic mass is 10.0. The zero-order valence-electron chi connectivity index (χ0n) is 9.30. The number of hydrogen-bond donors (Lipinski definition) is 5. The number of aromatic nitrogens is 2. The Kier molecular flexibility index (Phi) is 3.22. The molecule has 2 rings (SSSR count). The summed E-state index contributed by atoms with van der Waals surface area (Å²) >= 11 is 0. The highest BCUT2D eigenvalue weighted by Crippen LogP contribution is 2.27. The van der Waals surface area contributed by atoms with E-state index in [-0.39, 0.29) is 18.1 Å². The predicted molar refractivity (Wildman–Crippen MR) is 58.2 cm³/mol. The second-order valence-corrected chi connectivity index (χ2v) is 4.02. The third-order valence-electron chi connectivity index (χ3n) is 2.81. The second-order valence-electron chi connectivity index (χ2n) is 4.02. The van der Waals surface area contributed by atoms with Gasteiger partial charge in [0.15, 0.2) is 11.9 Å². The number of carbonyl (C=O) groups excluding carboxylic acids is 1. The minimum Gasteiger partial charge on any atom is -0.388 e. The molecule has 4 atom stereocenters. The van der Waals surface area contributed by atoms with E-state index in [4.69, 9.17) is 16.2 Å². The molecule has 9 nitrogen and oxygen atoms in total. The molecule has 0 aromatic carbocycles. The number of hydrogen-bond acceptors (Lipinski definition) is 7. The summed E-state index contributed by atoms with van der Waals surface area (Å²) in [6.07, 6.45) is -3.82. The van der Waals surface area contributed by atoms with E-state index in [1.807, 2.05) is 0 Å². The third-order valence-corrected chi connectivity index (χ3v) is 2.81. The maximum absolute atomic E-state index is 11.0. The van der Waals surface area contributed by atoms with Crippen LogP contribution in [0.5, 0.6) is 0 Å². The standard InChI is InChI=1S/C9H14N4O5/c10-7-4(8(11)17)12-2-13(7)9-6(16)5(15)3(14)1-18-9/h2-3,5-6,9,14-16H,1,10H2,(H2,11,17)/t3-,5-,6+,9+/m1/s1. The number of ether oxygens (including phenoxy) is 1. The van der Waals surface area contributed by atoms with Crippen molar-refractivity contribution in [2.24, 2.45) is 5.73 Å². The summed E-state index contributed by atoms with van der Waals surface area (Å²) in [5.74, 6) is -0.882. The largest absolute Gasteiger partial charge is 0.388 e. The van der Waals surface area contributed by atoms with Gasteiger partial charge in [0.05, 0.1) is 12.9 Å². The van der Waals surface area contributed by atoms with Crippen LogP contribution in [0.25, 0.3) is 0 Å². The number of aliphatic hydroxyl groups is 3. The summed E-state index contributed by atoms with van der Waals surface area (Å²) in [7, 11) is 0. The van der Waals surface area contributed by atoms with Gasteiger partial charge in [0.25, 0.3) is 5.91 Å². The summed E-state index contributed by atoms with van der Waals surface area (Å²) in [6, 6.07) is 0. The van der Waals surface area contributed by atoms with Crippen LogP contribution < -0.4 is 11.5 Å². The third kappa shape index (κ3) is 1.93. The van der Waals surface area contributed by atoms with Crippen LogP contribution in [0.2, 0.25) is 0 Å². The normalized spacial score (nSPS) is 32.4. The first kappa shape index (κ1) is 12.8. The summed E-state index contributed by atoms with van der Waals surface area (Å²) in [5.41, 5.74) is 10.5. The molecule has 7 N–H and O–H groups in total. The molecule has 1 aliphatic heterocycles. The van der Waals surface area contributed by atoms with Gasteiger partial charge in [-0.1, -0.05) is 0 Å². The number of aliphatic hydroxyl groups excluding tert-OH is 3. The highest BCUT2D eigenvalue weighted by atomic mass is 16.5. The van der Waals surface area contributed by atoms with Gasteiger partial charge in [-0.15, -0.1) is 0 Å². The molecule has 1 aromatic rings. The maximum atomic E-state index is 11.0. The Labute approximate surface area is 102 Å². The molecule has 1 aromatic heterocycles. The van der Waals surface area contributed by atoms with Crippen molar-refractivity contribution in [2.75, 3.05) is 12.3 Å². The molecule has 0 radical (unpaired) electrons. The van der Waals surface area contributed by atoms with Crippen molar-refractivity contribution in [1.29, 1.82) is 0 Å². The first-order valence-corrected chi connectivity index (χ1v) is 5.21. The second kappa shape index (κ2) is 4.53. The first-order chi connectivity index (χ1) is 8.43. The van der Waals surface area contributed by atoms with E-state index in [2.05, 4.69) is 4.98 Å². The highest BCUT2D eigenvalue weighted by Gasteiger charge is 2.39. The smallest absolute Gasteiger partial charge is 0.271 e. The average Bonchev–Trinajstić information content (AvgIpc) is 2.69. The Morgan fingerprint density at radius 1 is 1.44 bits per heavy atom. The fourth-order valence-corrected chi connectivity index (χ4v) is 1.80. The van der Waals surface area contributed by atoms with E-state index in [1.165, 1.54) is 10.9 Å². The zero-order chi connectivity index (χ0) is 13.4. The number of nitrogens with zero attached hydrogens (tertiary/aromatic N) is 2. The van der Waals surface area contributed by atoms with E-state index >= 15 is 0 Å². The molecule has 9 heteroatoms. The number of carbonyl (C=O) groups is 1. The van der Waals surface area contributed by atoms with Gasteiger partial charge in [0.2, 0.25) is 0 Å². The molecule has 1 amide bonds. The van der Waals surface area contributed by atoms with Crippen molar-refractivity contribution >= 4 is 11.7 Å². The van der Waals surface area contributed by atoms with E-state index < -0.39 is 30.4 Å². The van der Waals surface area contributed by atoms with Gasteiger partial charge in [-0.25, -0.2) is 4.98 Å². The molecule has 0 spiro atoms. The van der Waals surface area contributed by atoms with E-state index in [1.54, 1.807) is 0 Å². The fourth-order valence-electron chi connectivity index (χ4n) is 1.80. The molecule has 1 fully saturated rings. The molecule has 0 aliphatic carbocycles. The lowest BCUT2D eigenvalue weighted by Gasteiger charge is -2.35. The van der Waals surface area contributed by atoms with Gasteiger partial charge in [-0.05, 0) is 0 Å². The van der Waals surface area contributed by atoms with Crippen LogP contribution >= 0.6 is 0 Å². The van der Waals surface area contributed by atoms with Gasteiger partial charge in [-0.2, -0.15) is 0 Å². The average molecular weight is 258 g/mol. The molecule has 18 heavy (non-hydrogen) atoms. The monoisotopic (exact) mass is 258 g/mol. The topological polar surface area (TPSA) is 157 Å². The predicted octanol–water partition coefficient (Wildman–Crippen LogP) is -2.82. The first-order valence-electron chi connectivity index (χ1n) is 5.21. The fraction of sp³-hybridized carbons (Fsp3) is 0.556. The number of imidazole rings is 1. The van der Waals surface area contributed by atoms with Crippen molar-refractivity contribution in [1.82, 2.24) is 9.55 Å². The van der Waals surface area contributed by atoms with Gasteiger partial charge >= 0.3 is 0 Å². The lowest BCUT2D eigenvalue weighted by molar-refractivity contribution is -0.210. The van der Waals surface area contributed by atoms with Gasteiger partial charge in [0, 0.05) is 0 Å². The Morgan fingerprint density at radius 3 is 2.67 bits per heavy atom. The molecule has 0 saturated carbocycles. The number of anilines is 1. The molecule has 2 heterocycles. The summed E-state index contributed by atoms with van der Waals surface area (Å²) in [4.78, 5) is 14.7. The molecule has 1 saturated heterocycles. The van der Waals surface area contributed by atoms with Gasteiger partial charge < -0.3 is 31.5 Å². The zero-order valence-corrected chi connectivity index (χ0v) is 9.30. The number of rotatable bonds is 2. The van der Waals surface area contributed by atoms with Crippen molar-refractivity contribution in [3.8, 4) is 0 Å². The van der Waals surface area contributed by atoms with Crippen LogP contribution in [0.15, 0.2) is 6.33 Å². The van der Waals surface area contributed by atoms with Crippen molar-refractivity contribution < 1.29 is 24.9 Å². The minimum atomic E-state index is -1.40. The van der Waals surface area contributed by atoms with Gasteiger partial charge in [0.1, 0.15) is 24.1 Å². The van der Waals surface area contributed by atoms with Crippen molar-refractivity contribution in [3.05, 3.63) is 12.0 Å². The quantitative estimate of drug-likeness (QED) is 0.382. The van der Waals surface area contributed by atoms with E-state index in [0.717, 1.165) is 0 Å². The van der Waals surface area contributed by atoms with Crippen molar-refractivity contribution in [2.45, 2.75) is 24.5 Å². The van der Waals surface area contributed by atoms with Crippen LogP contribution in [0, 0.1) is 0 Å². The summed E-state index contributed by atoms with van der Waals surface area (Å²) in [6.45, 7) is -0.174. The molecule has 100 valence electrons. The Hall–Kier alpha value is -1.68. The van der Waals surface area contributed by atoms with Crippen LogP contribution in [0.4, 0.5) is 5.82 Å². The molecule has 0 unspecified atom stereocenters. The summed E-state index contributed by atoms with van der Waals surface area (Å²) in [5, 5.41) is 28.6. The van der Waals surface area contributed by atoms with Crippen LogP contribution in [-0.4, -0.2) is 55.7 Å². The van der Waals surface area contributed by atoms with Gasteiger partial charge in [-0.3, -0.25) is 9.36 Å². The summed E-state index contributed by atoms with van der Waals surface area (Å²) < 4.78 is 6.34. The SMILES string of the molecule is NC(=O)c1ncn([C@H]2OC[C@@H](O)[C@@H](O)[C@@H]2O)c1N.